The summed E-state index contributed by atoms with van der Waals surface area (Å²) in [5.74, 6) is 0.376. The Balaban J connectivity index is 2.88. The first-order valence-corrected chi connectivity index (χ1v) is 5.35. The number of allylic oxidation sites excluding steroid dienone is 1. The van der Waals surface area contributed by atoms with Gasteiger partial charge in [0, 0.05) is 6.04 Å². The molecule has 2 heteroatoms. The Kier molecular flexibility index (Phi) is 4.37. The van der Waals surface area contributed by atoms with Crippen molar-refractivity contribution in [3.63, 3.8) is 0 Å². The third-order valence-corrected chi connectivity index (χ3v) is 2.57. The second kappa shape index (κ2) is 5.56. The van der Waals surface area contributed by atoms with Crippen LogP contribution in [-0.4, -0.2) is 11.1 Å². The summed E-state index contributed by atoms with van der Waals surface area (Å²) in [7, 11) is 0. The maximum absolute atomic E-state index is 9.96. The molecule has 1 atom stereocenters. The predicted octanol–water partition coefficient (Wildman–Crippen LogP) is 2.40. The van der Waals surface area contributed by atoms with E-state index in [9.17, 15) is 5.11 Å². The number of benzene rings is 1. The van der Waals surface area contributed by atoms with Crippen LogP contribution in [0.1, 0.15) is 24.5 Å². The zero-order valence-corrected chi connectivity index (χ0v) is 9.24. The molecule has 0 bridgehead atoms. The highest BCUT2D eigenvalue weighted by molar-refractivity contribution is 5.41. The molecule has 0 amide bonds. The van der Waals surface area contributed by atoms with Gasteiger partial charge in [-0.15, -0.1) is 6.58 Å². The van der Waals surface area contributed by atoms with E-state index < -0.39 is 0 Å². The zero-order valence-electron chi connectivity index (χ0n) is 9.24. The molecule has 0 fully saturated rings. The van der Waals surface area contributed by atoms with Crippen LogP contribution in [-0.2, 0) is 12.8 Å². The molecule has 15 heavy (non-hydrogen) atoms. The molecule has 0 aromatic heterocycles. The van der Waals surface area contributed by atoms with Crippen molar-refractivity contribution in [2.45, 2.75) is 32.2 Å². The fourth-order valence-electron chi connectivity index (χ4n) is 1.56. The molecule has 0 aliphatic rings. The van der Waals surface area contributed by atoms with Crippen molar-refractivity contribution in [3.05, 3.63) is 42.0 Å². The summed E-state index contributed by atoms with van der Waals surface area (Å²) in [4.78, 5) is 0. The van der Waals surface area contributed by atoms with Crippen LogP contribution in [0, 0.1) is 0 Å². The summed E-state index contributed by atoms with van der Waals surface area (Å²) in [6, 6.07) is 5.92. The van der Waals surface area contributed by atoms with Gasteiger partial charge >= 0.3 is 0 Å². The van der Waals surface area contributed by atoms with E-state index in [2.05, 4.69) is 13.5 Å². The van der Waals surface area contributed by atoms with Gasteiger partial charge in [-0.2, -0.15) is 0 Å². The standard InChI is InChI=1S/C13H19NO/c1-3-6-10-7-5-8-11(13(10)15)9-12(14)4-2/h3,5,7-8,12,15H,1,4,6,9,14H2,2H3. The first-order valence-electron chi connectivity index (χ1n) is 5.35. The van der Waals surface area contributed by atoms with Gasteiger partial charge in [-0.05, 0) is 30.4 Å². The van der Waals surface area contributed by atoms with Crippen molar-refractivity contribution < 1.29 is 5.11 Å². The molecule has 3 N–H and O–H groups in total. The second-order valence-corrected chi connectivity index (χ2v) is 3.79. The quantitative estimate of drug-likeness (QED) is 0.725. The average molecular weight is 205 g/mol. The van der Waals surface area contributed by atoms with Crippen molar-refractivity contribution in [2.24, 2.45) is 5.73 Å². The van der Waals surface area contributed by atoms with Gasteiger partial charge in [0.25, 0.3) is 0 Å². The number of hydrogen-bond acceptors (Lipinski definition) is 2. The molecule has 0 saturated heterocycles. The third kappa shape index (κ3) is 3.10. The molecule has 2 nitrogen and oxygen atoms in total. The van der Waals surface area contributed by atoms with Gasteiger partial charge in [0.2, 0.25) is 0 Å². The summed E-state index contributed by atoms with van der Waals surface area (Å²) in [5.41, 5.74) is 7.72. The van der Waals surface area contributed by atoms with Gasteiger partial charge < -0.3 is 10.8 Å². The van der Waals surface area contributed by atoms with Gasteiger partial charge in [0.15, 0.2) is 0 Å². The minimum atomic E-state index is 0.120. The van der Waals surface area contributed by atoms with Crippen molar-refractivity contribution in [2.75, 3.05) is 0 Å². The largest absolute Gasteiger partial charge is 0.507 e. The molecule has 1 rings (SSSR count). The van der Waals surface area contributed by atoms with Crippen LogP contribution in [0.3, 0.4) is 0 Å². The van der Waals surface area contributed by atoms with Crippen LogP contribution in [0.2, 0.25) is 0 Å². The Morgan fingerprint density at radius 3 is 2.73 bits per heavy atom. The summed E-state index contributed by atoms with van der Waals surface area (Å²) < 4.78 is 0. The van der Waals surface area contributed by atoms with Crippen molar-refractivity contribution >= 4 is 0 Å². The number of phenolic OH excluding ortho intramolecular Hbond substituents is 1. The van der Waals surface area contributed by atoms with Crippen LogP contribution in [0.4, 0.5) is 0 Å². The first kappa shape index (κ1) is 11.8. The van der Waals surface area contributed by atoms with Crippen molar-refractivity contribution in [1.82, 2.24) is 0 Å². The summed E-state index contributed by atoms with van der Waals surface area (Å²) in [6.45, 7) is 5.72. The average Bonchev–Trinajstić information content (AvgIpc) is 2.24. The van der Waals surface area contributed by atoms with E-state index in [1.807, 2.05) is 18.2 Å². The Morgan fingerprint density at radius 1 is 1.47 bits per heavy atom. The van der Waals surface area contributed by atoms with Crippen molar-refractivity contribution in [3.8, 4) is 5.75 Å². The lowest BCUT2D eigenvalue weighted by molar-refractivity contribution is 0.458. The third-order valence-electron chi connectivity index (χ3n) is 2.57. The highest BCUT2D eigenvalue weighted by Gasteiger charge is 2.08. The lowest BCUT2D eigenvalue weighted by Gasteiger charge is -2.12. The number of aromatic hydroxyl groups is 1. The van der Waals surface area contributed by atoms with Gasteiger partial charge in [-0.25, -0.2) is 0 Å². The van der Waals surface area contributed by atoms with Crippen LogP contribution < -0.4 is 5.73 Å². The number of nitrogens with two attached hydrogens (primary N) is 1. The fraction of sp³-hybridized carbons (Fsp3) is 0.385. The molecule has 1 aromatic rings. The summed E-state index contributed by atoms with van der Waals surface area (Å²) >= 11 is 0. The van der Waals surface area contributed by atoms with Gasteiger partial charge in [0.1, 0.15) is 5.75 Å². The number of rotatable bonds is 5. The Bertz CT molecular complexity index is 333. The van der Waals surface area contributed by atoms with Crippen molar-refractivity contribution in [1.29, 1.82) is 0 Å². The minimum Gasteiger partial charge on any atom is -0.507 e. The highest BCUT2D eigenvalue weighted by Crippen LogP contribution is 2.24. The van der Waals surface area contributed by atoms with Crippen LogP contribution in [0.15, 0.2) is 30.9 Å². The Morgan fingerprint density at radius 2 is 2.13 bits per heavy atom. The van der Waals surface area contributed by atoms with E-state index in [0.29, 0.717) is 12.2 Å². The molecule has 0 aliphatic heterocycles. The molecule has 82 valence electrons. The van der Waals surface area contributed by atoms with E-state index in [0.717, 1.165) is 24.0 Å². The molecular weight excluding hydrogens is 186 g/mol. The first-order chi connectivity index (χ1) is 7.19. The van der Waals surface area contributed by atoms with Crippen LogP contribution >= 0.6 is 0 Å². The Hall–Kier alpha value is -1.28. The minimum absolute atomic E-state index is 0.120. The number of hydrogen-bond donors (Lipinski definition) is 2. The highest BCUT2D eigenvalue weighted by atomic mass is 16.3. The molecular formula is C13H19NO. The van der Waals surface area contributed by atoms with Crippen LogP contribution in [0.5, 0.6) is 5.75 Å². The smallest absolute Gasteiger partial charge is 0.122 e. The second-order valence-electron chi connectivity index (χ2n) is 3.79. The topological polar surface area (TPSA) is 46.2 Å². The van der Waals surface area contributed by atoms with E-state index in [1.54, 1.807) is 6.08 Å². The van der Waals surface area contributed by atoms with Gasteiger partial charge in [0.05, 0.1) is 0 Å². The van der Waals surface area contributed by atoms with E-state index in [4.69, 9.17) is 5.73 Å². The Labute approximate surface area is 91.4 Å². The maximum atomic E-state index is 9.96. The fourth-order valence-corrected chi connectivity index (χ4v) is 1.56. The zero-order chi connectivity index (χ0) is 11.3. The number of phenols is 1. The summed E-state index contributed by atoms with van der Waals surface area (Å²) in [5, 5.41) is 9.96. The normalized spacial score (nSPS) is 12.4. The molecule has 0 spiro atoms. The summed E-state index contributed by atoms with van der Waals surface area (Å²) in [6.07, 6.45) is 4.14. The molecule has 0 saturated carbocycles. The molecule has 0 heterocycles. The number of para-hydroxylation sites is 1. The lowest BCUT2D eigenvalue weighted by Crippen LogP contribution is -2.21. The van der Waals surface area contributed by atoms with Gasteiger partial charge in [-0.1, -0.05) is 31.2 Å². The molecule has 1 unspecified atom stereocenters. The SMILES string of the molecule is C=CCc1cccc(CC(N)CC)c1O. The van der Waals surface area contributed by atoms with E-state index >= 15 is 0 Å². The lowest BCUT2D eigenvalue weighted by atomic mass is 10.00. The predicted molar refractivity (Wildman–Crippen MR) is 64.0 cm³/mol. The van der Waals surface area contributed by atoms with E-state index in [1.165, 1.54) is 0 Å². The van der Waals surface area contributed by atoms with Gasteiger partial charge in [-0.3, -0.25) is 0 Å². The molecule has 0 aliphatic carbocycles. The van der Waals surface area contributed by atoms with E-state index in [-0.39, 0.29) is 6.04 Å². The molecule has 0 radical (unpaired) electrons. The molecule has 1 aromatic carbocycles. The monoisotopic (exact) mass is 205 g/mol. The maximum Gasteiger partial charge on any atom is 0.122 e. The van der Waals surface area contributed by atoms with Crippen LogP contribution in [0.25, 0.3) is 0 Å².